The van der Waals surface area contributed by atoms with Crippen LogP contribution in [0.5, 0.6) is 17.2 Å². The first-order valence-corrected chi connectivity index (χ1v) is 7.96. The van der Waals surface area contributed by atoms with E-state index >= 15 is 0 Å². The van der Waals surface area contributed by atoms with Crippen molar-refractivity contribution >= 4 is 6.03 Å². The Kier molecular flexibility index (Phi) is 6.51. The van der Waals surface area contributed by atoms with Crippen molar-refractivity contribution in [2.45, 2.75) is 19.5 Å². The molecule has 134 valence electrons. The highest BCUT2D eigenvalue weighted by Crippen LogP contribution is 2.29. The highest BCUT2D eigenvalue weighted by atomic mass is 16.5. The molecule has 0 aliphatic rings. The molecule has 1 unspecified atom stereocenters. The number of carbonyl (C=O) groups excluding carboxylic acids is 1. The normalized spacial score (nSPS) is 11.4. The Labute approximate surface area is 148 Å². The van der Waals surface area contributed by atoms with Gasteiger partial charge >= 0.3 is 6.03 Å². The smallest absolute Gasteiger partial charge is 0.315 e. The summed E-state index contributed by atoms with van der Waals surface area (Å²) in [6.45, 7) is 2.30. The average molecular weight is 344 g/mol. The first-order chi connectivity index (χ1) is 12.1. The summed E-state index contributed by atoms with van der Waals surface area (Å²) in [5, 5.41) is 5.74. The molecule has 0 radical (unpaired) electrons. The predicted octanol–water partition coefficient (Wildman–Crippen LogP) is 3.27. The van der Waals surface area contributed by atoms with Crippen molar-refractivity contribution in [2.75, 3.05) is 21.3 Å². The lowest BCUT2D eigenvalue weighted by molar-refractivity contribution is 0.237. The fourth-order valence-corrected chi connectivity index (χ4v) is 2.47. The lowest BCUT2D eigenvalue weighted by Crippen LogP contribution is -2.36. The van der Waals surface area contributed by atoms with Gasteiger partial charge in [-0.3, -0.25) is 0 Å². The number of nitrogens with one attached hydrogen (secondary N) is 2. The first kappa shape index (κ1) is 18.4. The summed E-state index contributed by atoms with van der Waals surface area (Å²) in [4.78, 5) is 12.2. The fourth-order valence-electron chi connectivity index (χ4n) is 2.47. The van der Waals surface area contributed by atoms with Crippen molar-refractivity contribution in [3.63, 3.8) is 0 Å². The van der Waals surface area contributed by atoms with Gasteiger partial charge in [0, 0.05) is 12.1 Å². The number of ether oxygens (including phenoxy) is 3. The van der Waals surface area contributed by atoms with Crippen LogP contribution in [0.2, 0.25) is 0 Å². The highest BCUT2D eigenvalue weighted by Gasteiger charge is 2.15. The third-order valence-electron chi connectivity index (χ3n) is 3.84. The fraction of sp³-hybridized carbons (Fsp3) is 0.316. The van der Waals surface area contributed by atoms with Crippen molar-refractivity contribution in [3.8, 4) is 17.2 Å². The minimum Gasteiger partial charge on any atom is -0.497 e. The molecule has 2 rings (SSSR count). The van der Waals surface area contributed by atoms with E-state index in [4.69, 9.17) is 14.2 Å². The van der Waals surface area contributed by atoms with Gasteiger partial charge in [-0.1, -0.05) is 12.1 Å². The van der Waals surface area contributed by atoms with Crippen molar-refractivity contribution in [1.29, 1.82) is 0 Å². The Bertz CT molecular complexity index is 718. The van der Waals surface area contributed by atoms with Crippen molar-refractivity contribution < 1.29 is 19.0 Å². The second-order valence-electron chi connectivity index (χ2n) is 5.51. The second-order valence-corrected chi connectivity index (χ2v) is 5.51. The molecule has 6 nitrogen and oxygen atoms in total. The third kappa shape index (κ3) is 5.04. The molecule has 2 aromatic rings. The molecule has 2 N–H and O–H groups in total. The Balaban J connectivity index is 1.97. The lowest BCUT2D eigenvalue weighted by Gasteiger charge is -2.18. The number of amides is 2. The SMILES string of the molecule is COc1cccc(CNC(=O)NC(C)c2cc(OC)ccc2OC)c1. The third-order valence-corrected chi connectivity index (χ3v) is 3.84. The van der Waals surface area contributed by atoms with Crippen LogP contribution in [-0.4, -0.2) is 27.4 Å². The summed E-state index contributed by atoms with van der Waals surface area (Å²) in [6, 6.07) is 12.5. The van der Waals surface area contributed by atoms with Gasteiger partial charge in [-0.15, -0.1) is 0 Å². The molecule has 0 spiro atoms. The number of methoxy groups -OCH3 is 3. The average Bonchev–Trinajstić information content (AvgIpc) is 2.65. The summed E-state index contributed by atoms with van der Waals surface area (Å²) in [5.74, 6) is 2.16. The van der Waals surface area contributed by atoms with E-state index in [9.17, 15) is 4.79 Å². The van der Waals surface area contributed by atoms with Gasteiger partial charge in [-0.25, -0.2) is 4.79 Å². The number of urea groups is 1. The number of benzene rings is 2. The highest BCUT2D eigenvalue weighted by molar-refractivity contribution is 5.74. The molecule has 2 aromatic carbocycles. The van der Waals surface area contributed by atoms with E-state index in [1.54, 1.807) is 21.3 Å². The summed E-state index contributed by atoms with van der Waals surface area (Å²) in [7, 11) is 4.81. The summed E-state index contributed by atoms with van der Waals surface area (Å²) in [5.41, 5.74) is 1.81. The number of carbonyl (C=O) groups is 1. The van der Waals surface area contributed by atoms with Gasteiger partial charge in [0.1, 0.15) is 17.2 Å². The van der Waals surface area contributed by atoms with Gasteiger partial charge in [-0.05, 0) is 42.8 Å². The summed E-state index contributed by atoms with van der Waals surface area (Å²) in [6.07, 6.45) is 0. The minimum absolute atomic E-state index is 0.240. The molecule has 0 fully saturated rings. The zero-order valence-electron chi connectivity index (χ0n) is 15.0. The molecule has 1 atom stereocenters. The molecule has 6 heteroatoms. The largest absolute Gasteiger partial charge is 0.497 e. The maximum Gasteiger partial charge on any atom is 0.315 e. The topological polar surface area (TPSA) is 68.8 Å². The zero-order chi connectivity index (χ0) is 18.2. The predicted molar refractivity (Wildman–Crippen MR) is 96.3 cm³/mol. The van der Waals surface area contributed by atoms with E-state index in [2.05, 4.69) is 10.6 Å². The van der Waals surface area contributed by atoms with Crippen LogP contribution >= 0.6 is 0 Å². The molecule has 0 heterocycles. The molecule has 0 saturated carbocycles. The van der Waals surface area contributed by atoms with E-state index in [0.29, 0.717) is 18.0 Å². The summed E-state index contributed by atoms with van der Waals surface area (Å²) < 4.78 is 15.8. The molecule has 0 aromatic heterocycles. The van der Waals surface area contributed by atoms with Crippen LogP contribution in [0, 0.1) is 0 Å². The molecule has 25 heavy (non-hydrogen) atoms. The quantitative estimate of drug-likeness (QED) is 0.809. The molecule has 0 aliphatic heterocycles. The van der Waals surface area contributed by atoms with Crippen molar-refractivity contribution in [3.05, 3.63) is 53.6 Å². The van der Waals surface area contributed by atoms with Gasteiger partial charge in [0.15, 0.2) is 0 Å². The second kappa shape index (κ2) is 8.82. The van der Waals surface area contributed by atoms with Crippen LogP contribution in [0.25, 0.3) is 0 Å². The van der Waals surface area contributed by atoms with Crippen LogP contribution in [0.15, 0.2) is 42.5 Å². The van der Waals surface area contributed by atoms with Gasteiger partial charge in [0.2, 0.25) is 0 Å². The van der Waals surface area contributed by atoms with Crippen LogP contribution in [0.4, 0.5) is 4.79 Å². The zero-order valence-corrected chi connectivity index (χ0v) is 15.0. The molecule has 0 aliphatic carbocycles. The van der Waals surface area contributed by atoms with Gasteiger partial charge in [0.05, 0.1) is 27.4 Å². The Hall–Kier alpha value is -2.89. The van der Waals surface area contributed by atoms with Crippen LogP contribution < -0.4 is 24.8 Å². The van der Waals surface area contributed by atoms with E-state index in [0.717, 1.165) is 16.9 Å². The van der Waals surface area contributed by atoms with Crippen LogP contribution in [0.1, 0.15) is 24.1 Å². The van der Waals surface area contributed by atoms with Gasteiger partial charge in [0.25, 0.3) is 0 Å². The molecule has 2 amide bonds. The van der Waals surface area contributed by atoms with E-state index in [-0.39, 0.29) is 12.1 Å². The minimum atomic E-state index is -0.264. The molecule has 0 saturated heterocycles. The Morgan fingerprint density at radius 2 is 1.72 bits per heavy atom. The van der Waals surface area contributed by atoms with Crippen LogP contribution in [-0.2, 0) is 6.54 Å². The lowest BCUT2D eigenvalue weighted by atomic mass is 10.1. The van der Waals surface area contributed by atoms with Crippen molar-refractivity contribution in [1.82, 2.24) is 10.6 Å². The Morgan fingerprint density at radius 1 is 1.00 bits per heavy atom. The van der Waals surface area contributed by atoms with Gasteiger partial charge in [-0.2, -0.15) is 0 Å². The van der Waals surface area contributed by atoms with E-state index in [1.165, 1.54) is 0 Å². The monoisotopic (exact) mass is 344 g/mol. The number of rotatable bonds is 7. The molecular formula is C19H24N2O4. The maximum absolute atomic E-state index is 12.2. The number of hydrogen-bond acceptors (Lipinski definition) is 4. The van der Waals surface area contributed by atoms with E-state index in [1.807, 2.05) is 49.4 Å². The number of hydrogen-bond donors (Lipinski definition) is 2. The molecular weight excluding hydrogens is 320 g/mol. The standard InChI is InChI=1S/C19H24N2O4/c1-13(17-11-16(24-3)8-9-18(17)25-4)21-19(22)20-12-14-6-5-7-15(10-14)23-2/h5-11,13H,12H2,1-4H3,(H2,20,21,22). The first-order valence-electron chi connectivity index (χ1n) is 7.96. The summed E-state index contributed by atoms with van der Waals surface area (Å²) >= 11 is 0. The molecule has 0 bridgehead atoms. The van der Waals surface area contributed by atoms with Gasteiger partial charge < -0.3 is 24.8 Å². The van der Waals surface area contributed by atoms with E-state index < -0.39 is 0 Å². The van der Waals surface area contributed by atoms with Crippen LogP contribution in [0.3, 0.4) is 0 Å². The van der Waals surface area contributed by atoms with Crippen molar-refractivity contribution in [2.24, 2.45) is 0 Å². The maximum atomic E-state index is 12.2. The Morgan fingerprint density at radius 3 is 2.40 bits per heavy atom.